The maximum absolute atomic E-state index is 12.5. The topological polar surface area (TPSA) is 102 Å². The fourth-order valence-electron chi connectivity index (χ4n) is 2.15. The molecule has 1 atom stereocenters. The summed E-state index contributed by atoms with van der Waals surface area (Å²) in [5.74, 6) is -0.303. The van der Waals surface area contributed by atoms with Gasteiger partial charge in [-0.05, 0) is 16.0 Å². The van der Waals surface area contributed by atoms with E-state index in [0.717, 1.165) is 5.56 Å². The Morgan fingerprint density at radius 2 is 1.75 bits per heavy atom. The number of tetrazole rings is 1. The number of aromatic nitrogens is 4. The first kappa shape index (κ1) is 17.6. The Kier molecular flexibility index (Phi) is 6.41. The highest BCUT2D eigenvalue weighted by Gasteiger charge is 2.22. The van der Waals surface area contributed by atoms with Gasteiger partial charge in [-0.1, -0.05) is 44.2 Å². The van der Waals surface area contributed by atoms with E-state index in [-0.39, 0.29) is 17.7 Å². The number of rotatable bonds is 8. The van der Waals surface area contributed by atoms with E-state index in [2.05, 4.69) is 26.2 Å². The van der Waals surface area contributed by atoms with E-state index in [9.17, 15) is 9.59 Å². The van der Waals surface area contributed by atoms with Gasteiger partial charge in [0.2, 0.25) is 11.8 Å². The maximum Gasteiger partial charge on any atom is 0.245 e. The predicted molar refractivity (Wildman–Crippen MR) is 87.9 cm³/mol. The highest BCUT2D eigenvalue weighted by molar-refractivity contribution is 5.80. The molecule has 0 saturated heterocycles. The molecule has 8 heteroatoms. The molecule has 1 heterocycles. The van der Waals surface area contributed by atoms with Crippen molar-refractivity contribution in [2.24, 2.45) is 5.92 Å². The lowest BCUT2D eigenvalue weighted by atomic mass is 10.1. The first-order valence-electron chi connectivity index (χ1n) is 7.89. The Hall–Kier alpha value is -2.77. The van der Waals surface area contributed by atoms with E-state index >= 15 is 0 Å². The fourth-order valence-corrected chi connectivity index (χ4v) is 2.15. The van der Waals surface area contributed by atoms with Crippen LogP contribution in [0.5, 0.6) is 0 Å². The van der Waals surface area contributed by atoms with Gasteiger partial charge in [0.25, 0.3) is 0 Å². The Balaban J connectivity index is 1.92. The molecule has 128 valence electrons. The predicted octanol–water partition coefficient (Wildman–Crippen LogP) is 0.345. The number of carbonyl (C=O) groups is 2. The molecule has 0 radical (unpaired) electrons. The van der Waals surface area contributed by atoms with Gasteiger partial charge in [-0.2, -0.15) is 0 Å². The van der Waals surface area contributed by atoms with Crippen molar-refractivity contribution in [2.75, 3.05) is 13.1 Å². The van der Waals surface area contributed by atoms with Crippen molar-refractivity contribution in [3.8, 4) is 0 Å². The lowest BCUT2D eigenvalue weighted by Crippen LogP contribution is -2.40. The van der Waals surface area contributed by atoms with E-state index in [1.807, 2.05) is 44.2 Å². The standard InChI is InChI=1S/C16H22N6O2/c1-12(2)15(23)17-8-9-18-16(24)14(22-11-19-20-21-22)10-13-6-4-3-5-7-13/h3-7,11-12,14H,8-10H2,1-2H3,(H,17,23)(H,18,24)/t14-/m1/s1. The summed E-state index contributed by atoms with van der Waals surface area (Å²) in [5, 5.41) is 16.6. The van der Waals surface area contributed by atoms with Crippen LogP contribution < -0.4 is 10.6 Å². The van der Waals surface area contributed by atoms with Crippen molar-refractivity contribution < 1.29 is 9.59 Å². The second-order valence-corrected chi connectivity index (χ2v) is 5.73. The van der Waals surface area contributed by atoms with Gasteiger partial charge < -0.3 is 10.6 Å². The fraction of sp³-hybridized carbons (Fsp3) is 0.438. The van der Waals surface area contributed by atoms with Gasteiger partial charge in [0.15, 0.2) is 0 Å². The molecule has 0 unspecified atom stereocenters. The summed E-state index contributed by atoms with van der Waals surface area (Å²) in [6, 6.07) is 9.13. The van der Waals surface area contributed by atoms with Gasteiger partial charge in [0.05, 0.1) is 0 Å². The van der Waals surface area contributed by atoms with Crippen molar-refractivity contribution in [1.29, 1.82) is 0 Å². The van der Waals surface area contributed by atoms with Crippen LogP contribution in [-0.2, 0) is 16.0 Å². The lowest BCUT2D eigenvalue weighted by molar-refractivity contribution is -0.126. The Morgan fingerprint density at radius 3 is 2.33 bits per heavy atom. The first-order valence-corrected chi connectivity index (χ1v) is 7.89. The van der Waals surface area contributed by atoms with E-state index < -0.39 is 6.04 Å². The Bertz CT molecular complexity index is 642. The SMILES string of the molecule is CC(C)C(=O)NCCNC(=O)[C@@H](Cc1ccccc1)n1cnnn1. The van der Waals surface area contributed by atoms with Crippen LogP contribution in [0.3, 0.4) is 0 Å². The van der Waals surface area contributed by atoms with Crippen LogP contribution in [0.1, 0.15) is 25.5 Å². The van der Waals surface area contributed by atoms with Crippen molar-refractivity contribution >= 4 is 11.8 Å². The molecule has 8 nitrogen and oxygen atoms in total. The first-order chi connectivity index (χ1) is 11.6. The summed E-state index contributed by atoms with van der Waals surface area (Å²) >= 11 is 0. The number of carbonyl (C=O) groups excluding carboxylic acids is 2. The molecule has 2 amide bonds. The zero-order valence-corrected chi connectivity index (χ0v) is 13.8. The van der Waals surface area contributed by atoms with Crippen molar-refractivity contribution in [1.82, 2.24) is 30.8 Å². The molecule has 2 aromatic rings. The molecule has 1 aromatic heterocycles. The number of hydrogen-bond acceptors (Lipinski definition) is 5. The molecule has 24 heavy (non-hydrogen) atoms. The third kappa shape index (κ3) is 5.15. The minimum absolute atomic E-state index is 0.0365. The molecule has 1 aromatic carbocycles. The van der Waals surface area contributed by atoms with Gasteiger partial charge in [0, 0.05) is 25.4 Å². The molecule has 0 aliphatic carbocycles. The highest BCUT2D eigenvalue weighted by atomic mass is 16.2. The summed E-state index contributed by atoms with van der Waals surface area (Å²) in [6.45, 7) is 4.38. The lowest BCUT2D eigenvalue weighted by Gasteiger charge is -2.16. The molecule has 0 bridgehead atoms. The Labute approximate surface area is 140 Å². The van der Waals surface area contributed by atoms with Gasteiger partial charge in [0.1, 0.15) is 12.4 Å². The molecule has 0 aliphatic rings. The van der Waals surface area contributed by atoms with Crippen LogP contribution in [0, 0.1) is 5.92 Å². The molecule has 0 fully saturated rings. The van der Waals surface area contributed by atoms with Gasteiger partial charge >= 0.3 is 0 Å². The summed E-state index contributed by atoms with van der Waals surface area (Å²) in [5.41, 5.74) is 1.02. The average molecular weight is 330 g/mol. The number of hydrogen-bond donors (Lipinski definition) is 2. The van der Waals surface area contributed by atoms with Crippen molar-refractivity contribution in [3.05, 3.63) is 42.2 Å². The van der Waals surface area contributed by atoms with Crippen molar-refractivity contribution in [3.63, 3.8) is 0 Å². The average Bonchev–Trinajstić information content (AvgIpc) is 3.11. The zero-order chi connectivity index (χ0) is 17.4. The van der Waals surface area contributed by atoms with Crippen molar-refractivity contribution in [2.45, 2.75) is 26.3 Å². The molecule has 0 aliphatic heterocycles. The minimum atomic E-state index is -0.539. The maximum atomic E-state index is 12.5. The summed E-state index contributed by atoms with van der Waals surface area (Å²) < 4.78 is 1.44. The second kappa shape index (κ2) is 8.76. The van der Waals surface area contributed by atoms with E-state index in [1.165, 1.54) is 11.0 Å². The molecular weight excluding hydrogens is 308 g/mol. The summed E-state index contributed by atoms with van der Waals surface area (Å²) in [6.07, 6.45) is 1.91. The summed E-state index contributed by atoms with van der Waals surface area (Å²) in [7, 11) is 0. The van der Waals surface area contributed by atoms with Crippen LogP contribution in [0.15, 0.2) is 36.7 Å². The molecule has 2 rings (SSSR count). The van der Waals surface area contributed by atoms with E-state index in [4.69, 9.17) is 0 Å². The van der Waals surface area contributed by atoms with Crippen LogP contribution >= 0.6 is 0 Å². The molecule has 0 saturated carbocycles. The van der Waals surface area contributed by atoms with E-state index in [1.54, 1.807) is 0 Å². The highest BCUT2D eigenvalue weighted by Crippen LogP contribution is 2.13. The number of nitrogens with one attached hydrogen (secondary N) is 2. The van der Waals surface area contributed by atoms with Gasteiger partial charge in [-0.15, -0.1) is 5.10 Å². The van der Waals surface area contributed by atoms with Crippen LogP contribution in [0.25, 0.3) is 0 Å². The number of amides is 2. The normalized spacial score (nSPS) is 12.0. The van der Waals surface area contributed by atoms with Crippen LogP contribution in [0.2, 0.25) is 0 Å². The largest absolute Gasteiger partial charge is 0.354 e. The molecule has 2 N–H and O–H groups in total. The van der Waals surface area contributed by atoms with Crippen LogP contribution in [0.4, 0.5) is 0 Å². The monoisotopic (exact) mass is 330 g/mol. The smallest absolute Gasteiger partial charge is 0.245 e. The molecular formula is C16H22N6O2. The minimum Gasteiger partial charge on any atom is -0.354 e. The third-order valence-corrected chi connectivity index (χ3v) is 3.51. The van der Waals surface area contributed by atoms with Gasteiger partial charge in [-0.3, -0.25) is 9.59 Å². The number of benzene rings is 1. The molecule has 0 spiro atoms. The Morgan fingerprint density at radius 1 is 1.08 bits per heavy atom. The summed E-state index contributed by atoms with van der Waals surface area (Å²) in [4.78, 5) is 24.0. The second-order valence-electron chi connectivity index (χ2n) is 5.73. The van der Waals surface area contributed by atoms with E-state index in [0.29, 0.717) is 19.5 Å². The quantitative estimate of drug-likeness (QED) is 0.680. The zero-order valence-electron chi connectivity index (χ0n) is 13.8. The third-order valence-electron chi connectivity index (χ3n) is 3.51. The van der Waals surface area contributed by atoms with Gasteiger partial charge in [-0.25, -0.2) is 4.68 Å². The van der Waals surface area contributed by atoms with Crippen LogP contribution in [-0.4, -0.2) is 45.1 Å². The number of nitrogens with zero attached hydrogens (tertiary/aromatic N) is 4.